The van der Waals surface area contributed by atoms with E-state index in [4.69, 9.17) is 4.42 Å². The number of likely N-dealkylation sites (tertiary alicyclic amines) is 1. The van der Waals surface area contributed by atoms with E-state index in [2.05, 4.69) is 52.6 Å². The quantitative estimate of drug-likeness (QED) is 0.714. The Balaban J connectivity index is 1.38. The summed E-state index contributed by atoms with van der Waals surface area (Å²) in [5.74, 6) is 0.853. The van der Waals surface area contributed by atoms with Crippen molar-refractivity contribution >= 4 is 5.91 Å². The predicted molar refractivity (Wildman–Crippen MR) is 107 cm³/mol. The maximum absolute atomic E-state index is 12.6. The Hall–Kier alpha value is -2.86. The second kappa shape index (κ2) is 8.02. The number of hydrogen-bond acceptors (Lipinski definition) is 4. The fourth-order valence-electron chi connectivity index (χ4n) is 3.88. The molecule has 3 aromatic rings. The van der Waals surface area contributed by atoms with Crippen LogP contribution in [0.4, 0.5) is 0 Å². The molecule has 6 heteroatoms. The molecule has 4 rings (SSSR count). The van der Waals surface area contributed by atoms with E-state index < -0.39 is 0 Å². The van der Waals surface area contributed by atoms with Gasteiger partial charge in [0.15, 0.2) is 0 Å². The van der Waals surface area contributed by atoms with Gasteiger partial charge in [-0.3, -0.25) is 9.69 Å². The van der Waals surface area contributed by atoms with Gasteiger partial charge in [0.05, 0.1) is 30.2 Å². The summed E-state index contributed by atoms with van der Waals surface area (Å²) in [6.07, 6.45) is 3.57. The van der Waals surface area contributed by atoms with Crippen molar-refractivity contribution in [1.29, 1.82) is 0 Å². The molecule has 1 fully saturated rings. The molecular formula is C22H26N4O2. The van der Waals surface area contributed by atoms with Crippen LogP contribution in [0.15, 0.2) is 53.1 Å². The zero-order valence-corrected chi connectivity index (χ0v) is 16.4. The number of rotatable bonds is 6. The van der Waals surface area contributed by atoms with Crippen LogP contribution in [0.3, 0.4) is 0 Å². The van der Waals surface area contributed by atoms with Gasteiger partial charge in [0.1, 0.15) is 5.76 Å². The van der Waals surface area contributed by atoms with Crippen LogP contribution in [-0.4, -0.2) is 33.2 Å². The first kappa shape index (κ1) is 18.5. The van der Waals surface area contributed by atoms with Crippen LogP contribution in [0.2, 0.25) is 0 Å². The summed E-state index contributed by atoms with van der Waals surface area (Å²) < 4.78 is 7.25. The van der Waals surface area contributed by atoms with Gasteiger partial charge in [-0.05, 0) is 69.1 Å². The van der Waals surface area contributed by atoms with Crippen LogP contribution >= 0.6 is 0 Å². The molecule has 1 aliphatic rings. The lowest BCUT2D eigenvalue weighted by Gasteiger charge is -2.23. The molecule has 0 spiro atoms. The fourth-order valence-corrected chi connectivity index (χ4v) is 3.88. The number of nitrogens with one attached hydrogen (secondary N) is 1. The number of amides is 1. The second-order valence-electron chi connectivity index (χ2n) is 7.43. The molecule has 6 nitrogen and oxygen atoms in total. The summed E-state index contributed by atoms with van der Waals surface area (Å²) in [5, 5.41) is 7.53. The minimum atomic E-state index is -0.0781. The van der Waals surface area contributed by atoms with E-state index in [0.717, 1.165) is 48.8 Å². The molecule has 1 atom stereocenters. The molecule has 146 valence electrons. The van der Waals surface area contributed by atoms with Gasteiger partial charge in [-0.2, -0.15) is 5.10 Å². The lowest BCUT2D eigenvalue weighted by molar-refractivity contribution is -0.125. The average molecular weight is 378 g/mol. The molecule has 3 heterocycles. The Bertz CT molecular complexity index is 928. The van der Waals surface area contributed by atoms with Crippen molar-refractivity contribution in [3.05, 3.63) is 71.4 Å². The Kier molecular flexibility index (Phi) is 5.30. The van der Waals surface area contributed by atoms with E-state index in [1.165, 1.54) is 5.56 Å². The molecule has 28 heavy (non-hydrogen) atoms. The Morgan fingerprint density at radius 2 is 2.07 bits per heavy atom. The third kappa shape index (κ3) is 4.02. The van der Waals surface area contributed by atoms with Crippen molar-refractivity contribution in [2.75, 3.05) is 6.54 Å². The lowest BCUT2D eigenvalue weighted by Crippen LogP contribution is -2.42. The standard InChI is InChI=1S/C22H26N4O2/c1-16-13-17(2)26(24-16)19-9-7-18(8-10-19)15-25-11-3-6-21(25)22(27)23-14-20-5-4-12-28-20/h4-5,7-10,12-13,21H,3,6,11,14-15H2,1-2H3,(H,23,27). The predicted octanol–water partition coefficient (Wildman–Crippen LogP) is 3.36. The van der Waals surface area contributed by atoms with Gasteiger partial charge in [0.2, 0.25) is 5.91 Å². The second-order valence-corrected chi connectivity index (χ2v) is 7.43. The monoisotopic (exact) mass is 378 g/mol. The van der Waals surface area contributed by atoms with Crippen molar-refractivity contribution in [2.24, 2.45) is 0 Å². The molecule has 1 N–H and O–H groups in total. The van der Waals surface area contributed by atoms with Gasteiger partial charge in [-0.25, -0.2) is 4.68 Å². The third-order valence-corrected chi connectivity index (χ3v) is 5.26. The minimum Gasteiger partial charge on any atom is -0.467 e. The number of carbonyl (C=O) groups excluding carboxylic acids is 1. The highest BCUT2D eigenvalue weighted by molar-refractivity contribution is 5.81. The lowest BCUT2D eigenvalue weighted by atomic mass is 10.1. The zero-order valence-electron chi connectivity index (χ0n) is 16.4. The molecule has 1 amide bonds. The molecule has 1 saturated heterocycles. The molecule has 0 aliphatic carbocycles. The summed E-state index contributed by atoms with van der Waals surface area (Å²) in [4.78, 5) is 14.9. The number of hydrogen-bond donors (Lipinski definition) is 1. The summed E-state index contributed by atoms with van der Waals surface area (Å²) in [6, 6.07) is 14.1. The van der Waals surface area contributed by atoms with Gasteiger partial charge in [-0.15, -0.1) is 0 Å². The smallest absolute Gasteiger partial charge is 0.237 e. The van der Waals surface area contributed by atoms with Crippen LogP contribution in [-0.2, 0) is 17.9 Å². The number of benzene rings is 1. The number of aromatic nitrogens is 2. The number of carbonyl (C=O) groups is 1. The summed E-state index contributed by atoms with van der Waals surface area (Å²) in [6.45, 7) is 6.22. The maximum atomic E-state index is 12.6. The van der Waals surface area contributed by atoms with Gasteiger partial charge in [0.25, 0.3) is 0 Å². The summed E-state index contributed by atoms with van der Waals surface area (Å²) in [7, 11) is 0. The number of nitrogens with zero attached hydrogens (tertiary/aromatic N) is 3. The van der Waals surface area contributed by atoms with Crippen LogP contribution < -0.4 is 5.32 Å². The van der Waals surface area contributed by atoms with Gasteiger partial charge in [0, 0.05) is 12.2 Å². The molecule has 1 aromatic carbocycles. The topological polar surface area (TPSA) is 63.3 Å². The molecule has 2 aromatic heterocycles. The number of aryl methyl sites for hydroxylation is 2. The first-order valence-electron chi connectivity index (χ1n) is 9.77. The summed E-state index contributed by atoms with van der Waals surface area (Å²) in [5.41, 5.74) is 4.40. The van der Waals surface area contributed by atoms with E-state index in [1.54, 1.807) is 6.26 Å². The third-order valence-electron chi connectivity index (χ3n) is 5.26. The van der Waals surface area contributed by atoms with E-state index >= 15 is 0 Å². The zero-order chi connectivity index (χ0) is 19.5. The first-order chi connectivity index (χ1) is 13.6. The van der Waals surface area contributed by atoms with E-state index in [1.807, 2.05) is 23.7 Å². The fraction of sp³-hybridized carbons (Fsp3) is 0.364. The Morgan fingerprint density at radius 1 is 1.25 bits per heavy atom. The average Bonchev–Trinajstić information content (AvgIpc) is 3.42. The van der Waals surface area contributed by atoms with E-state index in [0.29, 0.717) is 6.54 Å². The summed E-state index contributed by atoms with van der Waals surface area (Å²) >= 11 is 0. The van der Waals surface area contributed by atoms with Crippen molar-refractivity contribution < 1.29 is 9.21 Å². The molecule has 1 unspecified atom stereocenters. The minimum absolute atomic E-state index is 0.0770. The molecule has 0 saturated carbocycles. The molecular weight excluding hydrogens is 352 g/mol. The first-order valence-corrected chi connectivity index (χ1v) is 9.77. The molecule has 0 radical (unpaired) electrons. The SMILES string of the molecule is Cc1cc(C)n(-c2ccc(CN3CCCC3C(=O)NCc3ccco3)cc2)n1. The van der Waals surface area contributed by atoms with Crippen molar-refractivity contribution in [1.82, 2.24) is 20.0 Å². The van der Waals surface area contributed by atoms with Gasteiger partial charge < -0.3 is 9.73 Å². The number of furan rings is 1. The van der Waals surface area contributed by atoms with E-state index in [-0.39, 0.29) is 11.9 Å². The van der Waals surface area contributed by atoms with Crippen LogP contribution in [0.25, 0.3) is 5.69 Å². The van der Waals surface area contributed by atoms with Crippen molar-refractivity contribution in [2.45, 2.75) is 45.8 Å². The molecule has 0 bridgehead atoms. The Morgan fingerprint density at radius 3 is 2.75 bits per heavy atom. The maximum Gasteiger partial charge on any atom is 0.237 e. The van der Waals surface area contributed by atoms with Crippen LogP contribution in [0.5, 0.6) is 0 Å². The van der Waals surface area contributed by atoms with Gasteiger partial charge in [-0.1, -0.05) is 12.1 Å². The molecule has 1 aliphatic heterocycles. The van der Waals surface area contributed by atoms with Crippen molar-refractivity contribution in [3.63, 3.8) is 0 Å². The van der Waals surface area contributed by atoms with Crippen molar-refractivity contribution in [3.8, 4) is 5.69 Å². The normalized spacial score (nSPS) is 17.1. The van der Waals surface area contributed by atoms with Gasteiger partial charge >= 0.3 is 0 Å². The largest absolute Gasteiger partial charge is 0.467 e. The Labute approximate surface area is 165 Å². The van der Waals surface area contributed by atoms with Crippen LogP contribution in [0.1, 0.15) is 35.6 Å². The highest BCUT2D eigenvalue weighted by atomic mass is 16.3. The highest BCUT2D eigenvalue weighted by Crippen LogP contribution is 2.21. The van der Waals surface area contributed by atoms with Crippen LogP contribution in [0, 0.1) is 13.8 Å². The van der Waals surface area contributed by atoms with E-state index in [9.17, 15) is 4.79 Å². The highest BCUT2D eigenvalue weighted by Gasteiger charge is 2.30.